The van der Waals surface area contributed by atoms with E-state index in [0.717, 1.165) is 21.7 Å². The Morgan fingerprint density at radius 2 is 1.54 bits per heavy atom. The fourth-order valence-corrected chi connectivity index (χ4v) is 3.60. The summed E-state index contributed by atoms with van der Waals surface area (Å²) in [5.74, 6) is -1.05. The van der Waals surface area contributed by atoms with Gasteiger partial charge in [0.2, 0.25) is 0 Å². The normalized spacial score (nSPS) is 11.1. The minimum Gasteiger partial charge on any atom is -0.481 e. The van der Waals surface area contributed by atoms with Crippen LogP contribution in [0.5, 0.6) is 0 Å². The van der Waals surface area contributed by atoms with Crippen LogP contribution in [0.1, 0.15) is 21.6 Å². The van der Waals surface area contributed by atoms with Gasteiger partial charge in [-0.3, -0.25) is 14.2 Å². The van der Waals surface area contributed by atoms with Crippen molar-refractivity contribution >= 4 is 33.6 Å². The van der Waals surface area contributed by atoms with E-state index in [-0.39, 0.29) is 12.3 Å². The molecule has 1 heterocycles. The lowest BCUT2D eigenvalue weighted by atomic mass is 10.0. The summed E-state index contributed by atoms with van der Waals surface area (Å²) in [7, 11) is 0. The van der Waals surface area contributed by atoms with Gasteiger partial charge in [0.25, 0.3) is 5.91 Å². The summed E-state index contributed by atoms with van der Waals surface area (Å²) in [5, 5.41) is 12.0. The van der Waals surface area contributed by atoms with Crippen LogP contribution in [0, 0.1) is 6.92 Å². The summed E-state index contributed by atoms with van der Waals surface area (Å²) in [6.07, 6.45) is -0.109. The van der Waals surface area contributed by atoms with E-state index in [4.69, 9.17) is 0 Å². The number of hydrogen-bond donors (Lipinski definition) is 1. The molecule has 0 aliphatic carbocycles. The van der Waals surface area contributed by atoms with Gasteiger partial charge in [-0.15, -0.1) is 0 Å². The highest BCUT2D eigenvalue weighted by molar-refractivity contribution is 6.11. The van der Waals surface area contributed by atoms with Gasteiger partial charge in [-0.1, -0.05) is 54.6 Å². The monoisotopic (exact) mass is 343 g/mol. The minimum absolute atomic E-state index is 0.109. The highest BCUT2D eigenvalue weighted by Crippen LogP contribution is 2.29. The van der Waals surface area contributed by atoms with Crippen LogP contribution in [-0.2, 0) is 11.2 Å². The molecule has 0 aliphatic rings. The summed E-state index contributed by atoms with van der Waals surface area (Å²) >= 11 is 0. The molecule has 0 fully saturated rings. The zero-order chi connectivity index (χ0) is 18.3. The Morgan fingerprint density at radius 1 is 0.885 bits per heavy atom. The molecule has 0 unspecified atom stereocenters. The topological polar surface area (TPSA) is 59.3 Å². The van der Waals surface area contributed by atoms with Crippen molar-refractivity contribution in [3.63, 3.8) is 0 Å². The predicted octanol–water partition coefficient (Wildman–Crippen LogP) is 4.42. The molecule has 128 valence electrons. The third kappa shape index (κ3) is 2.47. The number of carboxylic acid groups (broad SMARTS) is 1. The Morgan fingerprint density at radius 3 is 2.31 bits per heavy atom. The molecule has 4 heteroatoms. The number of nitrogens with zero attached hydrogens (tertiary/aromatic N) is 1. The van der Waals surface area contributed by atoms with E-state index >= 15 is 0 Å². The van der Waals surface area contributed by atoms with E-state index in [9.17, 15) is 14.7 Å². The van der Waals surface area contributed by atoms with Gasteiger partial charge in [-0.2, -0.15) is 0 Å². The van der Waals surface area contributed by atoms with Crippen molar-refractivity contribution < 1.29 is 14.7 Å². The van der Waals surface area contributed by atoms with E-state index in [1.165, 1.54) is 0 Å². The number of hydrogen-bond acceptors (Lipinski definition) is 2. The van der Waals surface area contributed by atoms with Crippen LogP contribution in [0.15, 0.2) is 66.7 Å². The van der Waals surface area contributed by atoms with Crippen molar-refractivity contribution in [1.29, 1.82) is 0 Å². The van der Waals surface area contributed by atoms with E-state index in [1.54, 1.807) is 11.5 Å². The van der Waals surface area contributed by atoms with Crippen LogP contribution in [0.25, 0.3) is 21.7 Å². The molecule has 0 atom stereocenters. The van der Waals surface area contributed by atoms with Gasteiger partial charge in [0, 0.05) is 16.6 Å². The number of benzene rings is 3. The molecule has 1 aromatic heterocycles. The lowest BCUT2D eigenvalue weighted by Crippen LogP contribution is -2.14. The number of carbonyl (C=O) groups excluding carboxylic acids is 1. The van der Waals surface area contributed by atoms with E-state index in [2.05, 4.69) is 0 Å². The van der Waals surface area contributed by atoms with Crippen molar-refractivity contribution in [2.45, 2.75) is 13.3 Å². The van der Waals surface area contributed by atoms with Crippen molar-refractivity contribution in [1.82, 2.24) is 4.57 Å². The lowest BCUT2D eigenvalue weighted by Gasteiger charge is -2.10. The average molecular weight is 343 g/mol. The van der Waals surface area contributed by atoms with Crippen molar-refractivity contribution in [3.8, 4) is 0 Å². The van der Waals surface area contributed by atoms with Crippen LogP contribution in [0.2, 0.25) is 0 Å². The zero-order valence-corrected chi connectivity index (χ0v) is 14.3. The Labute approximate surface area is 150 Å². The molecule has 1 N–H and O–H groups in total. The Balaban J connectivity index is 1.98. The molecule has 3 aromatic carbocycles. The molecule has 4 nitrogen and oxygen atoms in total. The minimum atomic E-state index is -0.909. The maximum absolute atomic E-state index is 13.4. The van der Waals surface area contributed by atoms with Crippen LogP contribution in [0.3, 0.4) is 0 Å². The molecular formula is C22H17NO3. The van der Waals surface area contributed by atoms with Crippen LogP contribution >= 0.6 is 0 Å². The highest BCUT2D eigenvalue weighted by Gasteiger charge is 2.21. The molecule has 4 rings (SSSR count). The first-order chi connectivity index (χ1) is 12.6. The van der Waals surface area contributed by atoms with Crippen LogP contribution < -0.4 is 0 Å². The fraction of sp³-hybridized carbons (Fsp3) is 0.0909. The van der Waals surface area contributed by atoms with E-state index < -0.39 is 5.97 Å². The van der Waals surface area contributed by atoms with Crippen LogP contribution in [0.4, 0.5) is 0 Å². The predicted molar refractivity (Wildman–Crippen MR) is 102 cm³/mol. The van der Waals surface area contributed by atoms with Gasteiger partial charge in [0.15, 0.2) is 0 Å². The highest BCUT2D eigenvalue weighted by atomic mass is 16.4. The van der Waals surface area contributed by atoms with Crippen molar-refractivity contribution in [2.75, 3.05) is 0 Å². The third-order valence-corrected chi connectivity index (χ3v) is 4.79. The lowest BCUT2D eigenvalue weighted by molar-refractivity contribution is -0.136. The molecule has 0 radical (unpaired) electrons. The number of fused-ring (bicyclic) bond motifs is 2. The molecule has 0 aliphatic heterocycles. The Kier molecular flexibility index (Phi) is 3.81. The summed E-state index contributed by atoms with van der Waals surface area (Å²) in [6, 6.07) is 20.9. The first-order valence-corrected chi connectivity index (χ1v) is 8.41. The number of carboxylic acids is 1. The summed E-state index contributed by atoms with van der Waals surface area (Å²) in [6.45, 7) is 1.81. The van der Waals surface area contributed by atoms with Gasteiger partial charge in [-0.05, 0) is 35.4 Å². The number of aliphatic carboxylic acids is 1. The summed E-state index contributed by atoms with van der Waals surface area (Å²) in [4.78, 5) is 24.7. The van der Waals surface area contributed by atoms with Crippen LogP contribution in [-0.4, -0.2) is 21.6 Å². The largest absolute Gasteiger partial charge is 0.481 e. The zero-order valence-electron chi connectivity index (χ0n) is 14.3. The first-order valence-electron chi connectivity index (χ1n) is 8.41. The molecule has 4 aromatic rings. The molecule has 0 saturated heterocycles. The maximum Gasteiger partial charge on any atom is 0.307 e. The quantitative estimate of drug-likeness (QED) is 0.599. The Bertz CT molecular complexity index is 1170. The fourth-order valence-electron chi connectivity index (χ4n) is 3.60. The second-order valence-electron chi connectivity index (χ2n) is 6.32. The summed E-state index contributed by atoms with van der Waals surface area (Å²) < 4.78 is 1.63. The second-order valence-corrected chi connectivity index (χ2v) is 6.32. The average Bonchev–Trinajstić information content (AvgIpc) is 2.92. The first kappa shape index (κ1) is 16.1. The van der Waals surface area contributed by atoms with E-state index in [0.29, 0.717) is 16.8 Å². The van der Waals surface area contributed by atoms with Crippen molar-refractivity contribution in [2.24, 2.45) is 0 Å². The molecule has 0 bridgehead atoms. The van der Waals surface area contributed by atoms with Gasteiger partial charge < -0.3 is 5.11 Å². The maximum atomic E-state index is 13.4. The number of carbonyl (C=O) groups is 2. The summed E-state index contributed by atoms with van der Waals surface area (Å²) in [5.41, 5.74) is 2.70. The van der Waals surface area contributed by atoms with Gasteiger partial charge in [-0.25, -0.2) is 0 Å². The standard InChI is InChI=1S/C22H17NO3/c1-14-19(13-21(24)25)17-10-4-5-12-20(17)23(14)22(26)18-11-6-8-15-7-2-3-9-16(15)18/h2-12H,13H2,1H3,(H,24,25). The smallest absolute Gasteiger partial charge is 0.307 e. The molecule has 26 heavy (non-hydrogen) atoms. The van der Waals surface area contributed by atoms with E-state index in [1.807, 2.05) is 66.7 Å². The molecular weight excluding hydrogens is 326 g/mol. The van der Waals surface area contributed by atoms with Gasteiger partial charge in [0.1, 0.15) is 0 Å². The molecule has 0 saturated carbocycles. The van der Waals surface area contributed by atoms with Crippen molar-refractivity contribution in [3.05, 3.63) is 83.6 Å². The van der Waals surface area contributed by atoms with Gasteiger partial charge >= 0.3 is 5.97 Å². The number of rotatable bonds is 3. The van der Waals surface area contributed by atoms with Gasteiger partial charge in [0.05, 0.1) is 11.9 Å². The number of para-hydroxylation sites is 1. The number of aromatic nitrogens is 1. The SMILES string of the molecule is Cc1c(CC(=O)O)c2ccccc2n1C(=O)c1cccc2ccccc12. The molecule has 0 amide bonds. The second kappa shape index (κ2) is 6.15. The molecule has 0 spiro atoms. The third-order valence-electron chi connectivity index (χ3n) is 4.79. The Hall–Kier alpha value is -3.40.